The van der Waals surface area contributed by atoms with E-state index in [-0.39, 0.29) is 12.6 Å². The molecule has 1 heterocycles. The molecule has 0 saturated heterocycles. The largest absolute Gasteiger partial charge is 0.490 e. The molecular formula is C18H29NO6. The number of aliphatic hydroxyl groups is 1. The van der Waals surface area contributed by atoms with Gasteiger partial charge in [-0.2, -0.15) is 0 Å². The number of carbonyl (C=O) groups excluding carboxylic acids is 1. The molecule has 1 rings (SSSR count). The van der Waals surface area contributed by atoms with Gasteiger partial charge in [0.25, 0.3) is 0 Å². The van der Waals surface area contributed by atoms with Gasteiger partial charge in [-0.1, -0.05) is 0 Å². The van der Waals surface area contributed by atoms with Gasteiger partial charge in [0, 0.05) is 13.0 Å². The van der Waals surface area contributed by atoms with Gasteiger partial charge in [-0.15, -0.1) is 0 Å². The first-order valence-corrected chi connectivity index (χ1v) is 8.46. The van der Waals surface area contributed by atoms with Gasteiger partial charge in [0.15, 0.2) is 0 Å². The van der Waals surface area contributed by atoms with Gasteiger partial charge in [-0.3, -0.25) is 9.78 Å². The lowest BCUT2D eigenvalue weighted by molar-refractivity contribution is -0.155. The maximum Gasteiger partial charge on any atom is 0.306 e. The summed E-state index contributed by atoms with van der Waals surface area (Å²) in [6, 6.07) is 3.47. The van der Waals surface area contributed by atoms with E-state index in [2.05, 4.69) is 4.98 Å². The second-order valence-corrected chi connectivity index (χ2v) is 6.41. The third-order valence-electron chi connectivity index (χ3n) is 2.92. The summed E-state index contributed by atoms with van der Waals surface area (Å²) in [4.78, 5) is 15.5. The third kappa shape index (κ3) is 11.5. The number of hydrogen-bond donors (Lipinski definition) is 1. The van der Waals surface area contributed by atoms with E-state index in [1.165, 1.54) is 0 Å². The van der Waals surface area contributed by atoms with Crippen LogP contribution >= 0.6 is 0 Å². The van der Waals surface area contributed by atoms with Crippen molar-refractivity contribution < 1.29 is 28.8 Å². The SMILES string of the molecule is CC(C)(C)OC(=O)CCCOCCOCCOc1ccc(CO)nc1. The minimum atomic E-state index is -0.440. The number of hydrogen-bond acceptors (Lipinski definition) is 7. The van der Waals surface area contributed by atoms with Crippen molar-refractivity contribution in [3.05, 3.63) is 24.0 Å². The maximum atomic E-state index is 11.5. The molecule has 7 heteroatoms. The Hall–Kier alpha value is -1.70. The van der Waals surface area contributed by atoms with E-state index < -0.39 is 5.60 Å². The Bertz CT molecular complexity index is 483. The normalized spacial score (nSPS) is 11.4. The topological polar surface area (TPSA) is 87.1 Å². The van der Waals surface area contributed by atoms with Crippen LogP contribution in [0.15, 0.2) is 18.3 Å². The van der Waals surface area contributed by atoms with E-state index >= 15 is 0 Å². The van der Waals surface area contributed by atoms with Crippen LogP contribution < -0.4 is 4.74 Å². The molecular weight excluding hydrogens is 326 g/mol. The highest BCUT2D eigenvalue weighted by Gasteiger charge is 2.15. The number of aliphatic hydroxyl groups excluding tert-OH is 1. The Labute approximate surface area is 149 Å². The standard InChI is InChI=1S/C18H29NO6/c1-18(2,3)25-17(21)5-4-8-22-9-10-23-11-12-24-16-7-6-15(14-20)19-13-16/h6-7,13,20H,4-5,8-12,14H2,1-3H3. The zero-order chi connectivity index (χ0) is 18.5. The van der Waals surface area contributed by atoms with Gasteiger partial charge in [0.05, 0.1) is 38.3 Å². The third-order valence-corrected chi connectivity index (χ3v) is 2.92. The van der Waals surface area contributed by atoms with Crippen LogP contribution in [-0.2, 0) is 25.6 Å². The molecule has 0 aliphatic carbocycles. The van der Waals surface area contributed by atoms with Crippen LogP contribution in [0, 0.1) is 0 Å². The number of carbonyl (C=O) groups is 1. The molecule has 142 valence electrons. The van der Waals surface area contributed by atoms with Gasteiger partial charge in [0.2, 0.25) is 0 Å². The van der Waals surface area contributed by atoms with Crippen molar-refractivity contribution in [3.8, 4) is 5.75 Å². The summed E-state index contributed by atoms with van der Waals surface area (Å²) >= 11 is 0. The van der Waals surface area contributed by atoms with Crippen LogP contribution in [0.1, 0.15) is 39.3 Å². The van der Waals surface area contributed by atoms with Crippen LogP contribution in [0.5, 0.6) is 5.75 Å². The van der Waals surface area contributed by atoms with Crippen molar-refractivity contribution in [3.63, 3.8) is 0 Å². The molecule has 1 aromatic heterocycles. The fourth-order valence-electron chi connectivity index (χ4n) is 1.84. The predicted octanol–water partition coefficient (Wildman–Crippen LogP) is 2.11. The molecule has 0 aliphatic rings. The van der Waals surface area contributed by atoms with Crippen LogP contribution in [0.2, 0.25) is 0 Å². The molecule has 0 amide bonds. The summed E-state index contributed by atoms with van der Waals surface area (Å²) in [5.41, 5.74) is 0.164. The molecule has 0 radical (unpaired) electrons. The van der Waals surface area contributed by atoms with Crippen molar-refractivity contribution in [2.24, 2.45) is 0 Å². The highest BCUT2D eigenvalue weighted by atomic mass is 16.6. The molecule has 0 bridgehead atoms. The lowest BCUT2D eigenvalue weighted by Gasteiger charge is -2.19. The minimum absolute atomic E-state index is 0.0822. The van der Waals surface area contributed by atoms with E-state index in [4.69, 9.17) is 24.1 Å². The first kappa shape index (κ1) is 21.3. The highest BCUT2D eigenvalue weighted by Crippen LogP contribution is 2.09. The van der Waals surface area contributed by atoms with E-state index in [0.717, 1.165) is 0 Å². The Kier molecular flexibility index (Phi) is 10.1. The summed E-state index contributed by atoms with van der Waals surface area (Å²) < 4.78 is 21.5. The van der Waals surface area contributed by atoms with E-state index in [0.29, 0.717) is 57.3 Å². The lowest BCUT2D eigenvalue weighted by Crippen LogP contribution is -2.23. The molecule has 0 aromatic carbocycles. The molecule has 7 nitrogen and oxygen atoms in total. The fraction of sp³-hybridized carbons (Fsp3) is 0.667. The van der Waals surface area contributed by atoms with Gasteiger partial charge >= 0.3 is 5.97 Å². The average molecular weight is 355 g/mol. The van der Waals surface area contributed by atoms with E-state index in [9.17, 15) is 4.79 Å². The Morgan fingerprint density at radius 3 is 2.36 bits per heavy atom. The van der Waals surface area contributed by atoms with Crippen molar-refractivity contribution in [1.29, 1.82) is 0 Å². The second-order valence-electron chi connectivity index (χ2n) is 6.41. The molecule has 0 fully saturated rings. The molecule has 0 aliphatic heterocycles. The van der Waals surface area contributed by atoms with Crippen molar-refractivity contribution in [2.75, 3.05) is 33.0 Å². The van der Waals surface area contributed by atoms with Crippen LogP contribution in [-0.4, -0.2) is 54.7 Å². The summed E-state index contributed by atoms with van der Waals surface area (Å²) in [6.45, 7) is 7.78. The molecule has 1 aromatic rings. The summed E-state index contributed by atoms with van der Waals surface area (Å²) in [5.74, 6) is 0.435. The van der Waals surface area contributed by atoms with Crippen molar-refractivity contribution >= 4 is 5.97 Å². The minimum Gasteiger partial charge on any atom is -0.490 e. The zero-order valence-corrected chi connectivity index (χ0v) is 15.3. The van der Waals surface area contributed by atoms with Crippen LogP contribution in [0.4, 0.5) is 0 Å². The number of pyridine rings is 1. The van der Waals surface area contributed by atoms with Gasteiger partial charge < -0.3 is 24.1 Å². The predicted molar refractivity (Wildman–Crippen MR) is 92.4 cm³/mol. The second kappa shape index (κ2) is 11.8. The number of ether oxygens (including phenoxy) is 4. The number of nitrogens with zero attached hydrogens (tertiary/aromatic N) is 1. The van der Waals surface area contributed by atoms with Crippen molar-refractivity contribution in [2.45, 2.75) is 45.8 Å². The highest BCUT2D eigenvalue weighted by molar-refractivity contribution is 5.69. The van der Waals surface area contributed by atoms with Crippen LogP contribution in [0.3, 0.4) is 0 Å². The summed E-state index contributed by atoms with van der Waals surface area (Å²) in [7, 11) is 0. The Balaban J connectivity index is 1.91. The molecule has 0 spiro atoms. The van der Waals surface area contributed by atoms with Gasteiger partial charge in [-0.25, -0.2) is 0 Å². The van der Waals surface area contributed by atoms with E-state index in [1.54, 1.807) is 18.3 Å². The monoisotopic (exact) mass is 355 g/mol. The number of rotatable bonds is 12. The quantitative estimate of drug-likeness (QED) is 0.454. The zero-order valence-electron chi connectivity index (χ0n) is 15.3. The lowest BCUT2D eigenvalue weighted by atomic mass is 10.2. The Morgan fingerprint density at radius 2 is 1.76 bits per heavy atom. The molecule has 0 saturated carbocycles. The van der Waals surface area contributed by atoms with Crippen molar-refractivity contribution in [1.82, 2.24) is 4.98 Å². The smallest absolute Gasteiger partial charge is 0.306 e. The number of aromatic nitrogens is 1. The fourth-order valence-corrected chi connectivity index (χ4v) is 1.84. The van der Waals surface area contributed by atoms with Gasteiger partial charge in [0.1, 0.15) is 18.0 Å². The van der Waals surface area contributed by atoms with E-state index in [1.807, 2.05) is 20.8 Å². The first-order valence-electron chi connectivity index (χ1n) is 8.46. The maximum absolute atomic E-state index is 11.5. The summed E-state index contributed by atoms with van der Waals surface area (Å²) in [6.07, 6.45) is 2.56. The molecule has 0 unspecified atom stereocenters. The molecule has 0 atom stereocenters. The number of esters is 1. The first-order chi connectivity index (χ1) is 11.9. The molecule has 1 N–H and O–H groups in total. The van der Waals surface area contributed by atoms with Gasteiger partial charge in [-0.05, 0) is 39.3 Å². The average Bonchev–Trinajstić information content (AvgIpc) is 2.55. The molecule has 25 heavy (non-hydrogen) atoms. The summed E-state index contributed by atoms with van der Waals surface area (Å²) in [5, 5.41) is 8.89. The van der Waals surface area contributed by atoms with Crippen LogP contribution in [0.25, 0.3) is 0 Å². The Morgan fingerprint density at radius 1 is 1.08 bits per heavy atom.